The Morgan fingerprint density at radius 2 is 1.92 bits per heavy atom. The van der Waals surface area contributed by atoms with Gasteiger partial charge in [0.15, 0.2) is 0 Å². The topological polar surface area (TPSA) is 53.2 Å². The zero-order valence-corrected chi connectivity index (χ0v) is 14.7. The van der Waals surface area contributed by atoms with Crippen molar-refractivity contribution in [2.75, 3.05) is 6.54 Å². The lowest BCUT2D eigenvalue weighted by Crippen LogP contribution is -2.35. The summed E-state index contributed by atoms with van der Waals surface area (Å²) >= 11 is 0. The first kappa shape index (κ1) is 16.3. The van der Waals surface area contributed by atoms with Crippen LogP contribution in [0.5, 0.6) is 0 Å². The van der Waals surface area contributed by atoms with E-state index in [-0.39, 0.29) is 12.4 Å². The Kier molecular flexibility index (Phi) is 3.89. The summed E-state index contributed by atoms with van der Waals surface area (Å²) in [7, 11) is -3.56. The molecule has 0 bridgehead atoms. The Morgan fingerprint density at radius 3 is 2.64 bits per heavy atom. The van der Waals surface area contributed by atoms with Crippen molar-refractivity contribution in [3.05, 3.63) is 65.1 Å². The van der Waals surface area contributed by atoms with Gasteiger partial charge in [0.1, 0.15) is 5.82 Å². The van der Waals surface area contributed by atoms with Gasteiger partial charge in [0.2, 0.25) is 10.0 Å². The van der Waals surface area contributed by atoms with Gasteiger partial charge in [0.05, 0.1) is 4.90 Å². The monoisotopic (exact) mass is 358 g/mol. The highest BCUT2D eigenvalue weighted by Crippen LogP contribution is 2.31. The SMILES string of the molecule is CCc1ccc(S(=O)(=O)N2CCc3[nH]c4ccc(F)cc4c3C2)cc1. The number of benzene rings is 2. The maximum Gasteiger partial charge on any atom is 0.243 e. The molecular weight excluding hydrogens is 339 g/mol. The second kappa shape index (κ2) is 5.97. The van der Waals surface area contributed by atoms with Gasteiger partial charge in [-0.25, -0.2) is 12.8 Å². The average Bonchev–Trinajstić information content (AvgIpc) is 2.99. The summed E-state index contributed by atoms with van der Waals surface area (Å²) in [6.07, 6.45) is 1.46. The van der Waals surface area contributed by atoms with Crippen molar-refractivity contribution in [1.82, 2.24) is 9.29 Å². The Labute approximate surface area is 146 Å². The van der Waals surface area contributed by atoms with Crippen molar-refractivity contribution in [1.29, 1.82) is 0 Å². The van der Waals surface area contributed by atoms with E-state index in [9.17, 15) is 12.8 Å². The molecule has 2 heterocycles. The quantitative estimate of drug-likeness (QED) is 0.777. The highest BCUT2D eigenvalue weighted by molar-refractivity contribution is 7.89. The van der Waals surface area contributed by atoms with Crippen LogP contribution < -0.4 is 0 Å². The fourth-order valence-electron chi connectivity index (χ4n) is 3.41. The molecular formula is C19H19FN2O2S. The van der Waals surface area contributed by atoms with Crippen LogP contribution in [0, 0.1) is 5.82 Å². The minimum Gasteiger partial charge on any atom is -0.358 e. The number of aromatic nitrogens is 1. The number of hydrogen-bond acceptors (Lipinski definition) is 2. The summed E-state index contributed by atoms with van der Waals surface area (Å²) in [6, 6.07) is 11.6. The number of halogens is 1. The minimum atomic E-state index is -3.56. The molecule has 0 saturated carbocycles. The maximum absolute atomic E-state index is 13.6. The molecule has 130 valence electrons. The summed E-state index contributed by atoms with van der Waals surface area (Å²) in [5.41, 5.74) is 3.81. The lowest BCUT2D eigenvalue weighted by Gasteiger charge is -2.26. The molecule has 0 radical (unpaired) electrons. The predicted octanol–water partition coefficient (Wildman–Crippen LogP) is 3.62. The van der Waals surface area contributed by atoms with Crippen molar-refractivity contribution in [3.8, 4) is 0 Å². The predicted molar refractivity (Wildman–Crippen MR) is 95.4 cm³/mol. The molecule has 6 heteroatoms. The summed E-state index contributed by atoms with van der Waals surface area (Å²) < 4.78 is 41.0. The lowest BCUT2D eigenvalue weighted by atomic mass is 10.1. The van der Waals surface area contributed by atoms with Crippen LogP contribution in [0.2, 0.25) is 0 Å². The van der Waals surface area contributed by atoms with E-state index in [1.807, 2.05) is 19.1 Å². The van der Waals surface area contributed by atoms with Crippen molar-refractivity contribution >= 4 is 20.9 Å². The Hall–Kier alpha value is -2.18. The fourth-order valence-corrected chi connectivity index (χ4v) is 4.82. The molecule has 0 amide bonds. The van der Waals surface area contributed by atoms with Crippen LogP contribution in [-0.2, 0) is 29.4 Å². The van der Waals surface area contributed by atoms with E-state index in [1.54, 1.807) is 18.2 Å². The van der Waals surface area contributed by atoms with E-state index in [0.717, 1.165) is 34.1 Å². The number of rotatable bonds is 3. The van der Waals surface area contributed by atoms with Crippen molar-refractivity contribution in [3.63, 3.8) is 0 Å². The molecule has 0 unspecified atom stereocenters. The first-order valence-corrected chi connectivity index (χ1v) is 9.81. The van der Waals surface area contributed by atoms with Crippen molar-refractivity contribution < 1.29 is 12.8 Å². The van der Waals surface area contributed by atoms with Gasteiger partial charge < -0.3 is 4.98 Å². The molecule has 1 aliphatic rings. The number of sulfonamides is 1. The van der Waals surface area contributed by atoms with E-state index in [1.165, 1.54) is 16.4 Å². The van der Waals surface area contributed by atoms with Gasteiger partial charge in [-0.3, -0.25) is 0 Å². The van der Waals surface area contributed by atoms with E-state index in [0.29, 0.717) is 17.9 Å². The lowest BCUT2D eigenvalue weighted by molar-refractivity contribution is 0.391. The number of H-pyrrole nitrogens is 1. The van der Waals surface area contributed by atoms with Crippen LogP contribution in [-0.4, -0.2) is 24.3 Å². The molecule has 3 aromatic rings. The summed E-state index contributed by atoms with van der Waals surface area (Å²) in [6.45, 7) is 2.71. The highest BCUT2D eigenvalue weighted by atomic mass is 32.2. The molecule has 1 aliphatic heterocycles. The second-order valence-electron chi connectivity index (χ2n) is 6.36. The molecule has 4 rings (SSSR count). The zero-order valence-electron chi connectivity index (χ0n) is 13.9. The third kappa shape index (κ3) is 2.75. The van der Waals surface area contributed by atoms with Gasteiger partial charge in [-0.1, -0.05) is 19.1 Å². The zero-order chi connectivity index (χ0) is 17.6. The van der Waals surface area contributed by atoms with Crippen molar-refractivity contribution in [2.24, 2.45) is 0 Å². The van der Waals surface area contributed by atoms with Crippen LogP contribution in [0.1, 0.15) is 23.7 Å². The number of nitrogens with one attached hydrogen (secondary N) is 1. The van der Waals surface area contributed by atoms with E-state index < -0.39 is 10.0 Å². The molecule has 1 aromatic heterocycles. The Balaban J connectivity index is 1.71. The molecule has 4 nitrogen and oxygen atoms in total. The van der Waals surface area contributed by atoms with Crippen LogP contribution in [0.25, 0.3) is 10.9 Å². The van der Waals surface area contributed by atoms with E-state index in [2.05, 4.69) is 4.98 Å². The van der Waals surface area contributed by atoms with Crippen LogP contribution in [0.4, 0.5) is 4.39 Å². The number of fused-ring (bicyclic) bond motifs is 3. The van der Waals surface area contributed by atoms with E-state index >= 15 is 0 Å². The first-order chi connectivity index (χ1) is 12.0. The molecule has 0 fully saturated rings. The van der Waals surface area contributed by atoms with Gasteiger partial charge in [0.25, 0.3) is 0 Å². The molecule has 0 atom stereocenters. The average molecular weight is 358 g/mol. The normalized spacial score (nSPS) is 15.4. The molecule has 2 aromatic carbocycles. The Morgan fingerprint density at radius 1 is 1.16 bits per heavy atom. The molecule has 1 N–H and O–H groups in total. The molecule has 0 spiro atoms. The first-order valence-electron chi connectivity index (χ1n) is 8.37. The van der Waals surface area contributed by atoms with Gasteiger partial charge in [-0.15, -0.1) is 0 Å². The third-order valence-electron chi connectivity index (χ3n) is 4.87. The van der Waals surface area contributed by atoms with Crippen LogP contribution in [0.15, 0.2) is 47.4 Å². The fraction of sp³-hybridized carbons (Fsp3) is 0.263. The molecule has 0 saturated heterocycles. The van der Waals surface area contributed by atoms with Crippen molar-refractivity contribution in [2.45, 2.75) is 31.2 Å². The second-order valence-corrected chi connectivity index (χ2v) is 8.30. The maximum atomic E-state index is 13.6. The summed E-state index contributed by atoms with van der Waals surface area (Å²) in [5, 5.41) is 0.760. The van der Waals surface area contributed by atoms with Crippen LogP contribution >= 0.6 is 0 Å². The summed E-state index contributed by atoms with van der Waals surface area (Å²) in [4.78, 5) is 3.59. The van der Waals surface area contributed by atoms with Gasteiger partial charge in [-0.2, -0.15) is 4.31 Å². The largest absolute Gasteiger partial charge is 0.358 e. The van der Waals surface area contributed by atoms with E-state index in [4.69, 9.17) is 0 Å². The highest BCUT2D eigenvalue weighted by Gasteiger charge is 2.30. The molecule has 25 heavy (non-hydrogen) atoms. The minimum absolute atomic E-state index is 0.261. The number of aryl methyl sites for hydroxylation is 1. The smallest absolute Gasteiger partial charge is 0.243 e. The van der Waals surface area contributed by atoms with Gasteiger partial charge in [-0.05, 0) is 47.9 Å². The number of aromatic amines is 1. The Bertz CT molecular complexity index is 1040. The van der Waals surface area contributed by atoms with Gasteiger partial charge in [0, 0.05) is 36.1 Å². The van der Waals surface area contributed by atoms with Crippen LogP contribution in [0.3, 0.4) is 0 Å². The molecule has 0 aliphatic carbocycles. The number of nitrogens with zero attached hydrogens (tertiary/aromatic N) is 1. The third-order valence-corrected chi connectivity index (χ3v) is 6.73. The standard InChI is InChI=1S/C19H19FN2O2S/c1-2-13-3-6-15(7-4-13)25(23,24)22-10-9-19-17(12-22)16-11-14(20)5-8-18(16)21-19/h3-8,11,21H,2,9-10,12H2,1H3. The summed E-state index contributed by atoms with van der Waals surface area (Å²) in [5.74, 6) is -0.315. The number of hydrogen-bond donors (Lipinski definition) is 1. The van der Waals surface area contributed by atoms with Gasteiger partial charge >= 0.3 is 0 Å².